The predicted octanol–water partition coefficient (Wildman–Crippen LogP) is 3.80. The Bertz CT molecular complexity index is 182. The molecule has 0 rings (SSSR count). The van der Waals surface area contributed by atoms with Gasteiger partial charge >= 0.3 is 0 Å². The van der Waals surface area contributed by atoms with Crippen LogP contribution in [0.4, 0.5) is 0 Å². The number of rotatable bonds is 4. The van der Waals surface area contributed by atoms with Crippen molar-refractivity contribution < 1.29 is 4.43 Å². The van der Waals surface area contributed by atoms with Gasteiger partial charge in [0, 0.05) is 5.88 Å². The lowest BCUT2D eigenvalue weighted by atomic mass is 10.2. The minimum atomic E-state index is -1.60. The highest BCUT2D eigenvalue weighted by Gasteiger charge is 2.36. The molecule has 0 saturated carbocycles. The topological polar surface area (TPSA) is 9.23 Å². The van der Waals surface area contributed by atoms with Crippen molar-refractivity contribution in [3.63, 3.8) is 0 Å². The van der Waals surface area contributed by atoms with Crippen LogP contribution in [-0.2, 0) is 4.43 Å². The van der Waals surface area contributed by atoms with Gasteiger partial charge in [-0.3, -0.25) is 0 Å². The van der Waals surface area contributed by atoms with E-state index >= 15 is 0 Å². The van der Waals surface area contributed by atoms with E-state index < -0.39 is 8.32 Å². The molecule has 0 radical (unpaired) electrons. The average Bonchev–Trinajstić information content (AvgIpc) is 1.98. The summed E-state index contributed by atoms with van der Waals surface area (Å²) in [6.07, 6.45) is 0. The highest BCUT2D eigenvalue weighted by molar-refractivity contribution is 6.74. The fourth-order valence-corrected chi connectivity index (χ4v) is 1.61. The van der Waals surface area contributed by atoms with Crippen LogP contribution in [0.5, 0.6) is 0 Å². The maximum Gasteiger partial charge on any atom is 0.192 e. The molecule has 0 heterocycles. The monoisotopic (exact) mass is 220 g/mol. The molecule has 0 aliphatic carbocycles. The first kappa shape index (κ1) is 13.2. The average molecular weight is 221 g/mol. The molecule has 0 saturated heterocycles. The zero-order valence-corrected chi connectivity index (χ0v) is 11.2. The van der Waals surface area contributed by atoms with Gasteiger partial charge in [-0.1, -0.05) is 27.4 Å². The van der Waals surface area contributed by atoms with Gasteiger partial charge in [0.25, 0.3) is 0 Å². The summed E-state index contributed by atoms with van der Waals surface area (Å²) in [7, 11) is -1.60. The summed E-state index contributed by atoms with van der Waals surface area (Å²) in [5.41, 5.74) is 0.964. The highest BCUT2D eigenvalue weighted by atomic mass is 35.5. The molecule has 0 aliphatic rings. The quantitative estimate of drug-likeness (QED) is 0.398. The smallest absolute Gasteiger partial charge is 0.192 e. The van der Waals surface area contributed by atoms with Crippen LogP contribution in [0.1, 0.15) is 20.8 Å². The van der Waals surface area contributed by atoms with Gasteiger partial charge in [-0.25, -0.2) is 0 Å². The molecule has 0 spiro atoms. The van der Waals surface area contributed by atoms with Crippen molar-refractivity contribution in [1.29, 1.82) is 0 Å². The van der Waals surface area contributed by atoms with Gasteiger partial charge in [-0.05, 0) is 23.7 Å². The van der Waals surface area contributed by atoms with E-state index in [0.717, 1.165) is 5.57 Å². The Kier molecular flexibility index (Phi) is 4.70. The van der Waals surface area contributed by atoms with E-state index in [0.29, 0.717) is 12.5 Å². The van der Waals surface area contributed by atoms with Gasteiger partial charge in [0.2, 0.25) is 0 Å². The van der Waals surface area contributed by atoms with E-state index in [4.69, 9.17) is 16.0 Å². The predicted molar refractivity (Wildman–Crippen MR) is 63.0 cm³/mol. The van der Waals surface area contributed by atoms with E-state index in [-0.39, 0.29) is 5.04 Å². The van der Waals surface area contributed by atoms with Gasteiger partial charge in [0.1, 0.15) is 0 Å². The van der Waals surface area contributed by atoms with Crippen molar-refractivity contribution in [1.82, 2.24) is 0 Å². The summed E-state index contributed by atoms with van der Waals surface area (Å²) in [4.78, 5) is 0. The second kappa shape index (κ2) is 4.62. The summed E-state index contributed by atoms with van der Waals surface area (Å²) in [5, 5.41) is 0.263. The molecule has 78 valence electrons. The minimum absolute atomic E-state index is 0.263. The first-order chi connectivity index (χ1) is 5.70. The van der Waals surface area contributed by atoms with Gasteiger partial charge < -0.3 is 4.43 Å². The summed E-state index contributed by atoms with van der Waals surface area (Å²) in [6, 6.07) is 0. The van der Waals surface area contributed by atoms with Gasteiger partial charge in [-0.2, -0.15) is 0 Å². The number of hydrogen-bond acceptors (Lipinski definition) is 1. The Morgan fingerprint density at radius 1 is 1.38 bits per heavy atom. The Labute approximate surface area is 88.3 Å². The summed E-state index contributed by atoms with van der Waals surface area (Å²) < 4.78 is 5.90. The highest BCUT2D eigenvalue weighted by Crippen LogP contribution is 2.36. The molecule has 0 aliphatic heterocycles. The fourth-order valence-electron chi connectivity index (χ4n) is 0.538. The van der Waals surface area contributed by atoms with Crippen LogP contribution in [0.2, 0.25) is 18.1 Å². The Balaban J connectivity index is 4.12. The summed E-state index contributed by atoms with van der Waals surface area (Å²) in [6.45, 7) is 15.6. The van der Waals surface area contributed by atoms with Gasteiger partial charge in [-0.15, -0.1) is 11.6 Å². The van der Waals surface area contributed by atoms with Crippen molar-refractivity contribution in [3.8, 4) is 0 Å². The minimum Gasteiger partial charge on any atom is -0.413 e. The van der Waals surface area contributed by atoms with E-state index in [2.05, 4.69) is 40.4 Å². The molecule has 0 aromatic carbocycles. The Morgan fingerprint density at radius 3 is 2.15 bits per heavy atom. The van der Waals surface area contributed by atoms with E-state index in [1.807, 2.05) is 0 Å². The largest absolute Gasteiger partial charge is 0.413 e. The summed E-state index contributed by atoms with van der Waals surface area (Å²) >= 11 is 5.63. The maximum absolute atomic E-state index is 5.90. The van der Waals surface area contributed by atoms with Crippen LogP contribution >= 0.6 is 11.6 Å². The molecule has 0 bridgehead atoms. The van der Waals surface area contributed by atoms with Crippen molar-refractivity contribution in [3.05, 3.63) is 12.2 Å². The van der Waals surface area contributed by atoms with Crippen LogP contribution in [0.3, 0.4) is 0 Å². The normalized spacial score (nSPS) is 13.1. The van der Waals surface area contributed by atoms with Gasteiger partial charge in [0.15, 0.2) is 8.32 Å². The first-order valence-corrected chi connectivity index (χ1v) is 8.01. The third-order valence-corrected chi connectivity index (χ3v) is 7.49. The Hall–Kier alpha value is 0.207. The second-order valence-electron chi connectivity index (χ2n) is 4.93. The zero-order chi connectivity index (χ0) is 10.7. The van der Waals surface area contributed by atoms with Crippen LogP contribution in [0.25, 0.3) is 0 Å². The Morgan fingerprint density at radius 2 is 1.85 bits per heavy atom. The zero-order valence-electron chi connectivity index (χ0n) is 9.41. The maximum atomic E-state index is 5.90. The molecule has 1 nitrogen and oxygen atoms in total. The molecular weight excluding hydrogens is 200 g/mol. The molecule has 3 heteroatoms. The third kappa shape index (κ3) is 4.30. The van der Waals surface area contributed by atoms with Crippen molar-refractivity contribution in [2.75, 3.05) is 12.5 Å². The molecule has 0 fully saturated rings. The number of halogens is 1. The van der Waals surface area contributed by atoms with Gasteiger partial charge in [0.05, 0.1) is 6.61 Å². The molecule has 0 atom stereocenters. The lowest BCUT2D eigenvalue weighted by molar-refractivity contribution is 0.319. The van der Waals surface area contributed by atoms with Crippen LogP contribution in [-0.4, -0.2) is 20.8 Å². The number of alkyl halides is 1. The SMILES string of the molecule is C=C(CCl)CO[Si](C)(C)C(C)(C)C. The van der Waals surface area contributed by atoms with E-state index in [1.165, 1.54) is 0 Å². The second-order valence-corrected chi connectivity index (χ2v) is 10.0. The van der Waals surface area contributed by atoms with Crippen LogP contribution in [0.15, 0.2) is 12.2 Å². The summed E-state index contributed by atoms with van der Waals surface area (Å²) in [5.74, 6) is 0.495. The molecule has 0 aromatic heterocycles. The van der Waals surface area contributed by atoms with Crippen molar-refractivity contribution in [2.45, 2.75) is 38.9 Å². The molecule has 0 N–H and O–H groups in total. The fraction of sp³-hybridized carbons (Fsp3) is 0.800. The van der Waals surface area contributed by atoms with Crippen molar-refractivity contribution >= 4 is 19.9 Å². The lowest BCUT2D eigenvalue weighted by Crippen LogP contribution is -2.41. The standard InChI is InChI=1S/C10H21ClOSi/c1-9(7-11)8-12-13(5,6)10(2,3)4/h1,7-8H2,2-6H3. The lowest BCUT2D eigenvalue weighted by Gasteiger charge is -2.36. The van der Waals surface area contributed by atoms with Crippen LogP contribution < -0.4 is 0 Å². The molecule has 13 heavy (non-hydrogen) atoms. The first-order valence-electron chi connectivity index (χ1n) is 4.57. The molecule has 0 unspecified atom stereocenters. The van der Waals surface area contributed by atoms with Crippen molar-refractivity contribution in [2.24, 2.45) is 0 Å². The third-order valence-electron chi connectivity index (χ3n) is 2.63. The van der Waals surface area contributed by atoms with E-state index in [1.54, 1.807) is 0 Å². The number of hydrogen-bond donors (Lipinski definition) is 0. The molecule has 0 aromatic rings. The molecule has 0 amide bonds. The van der Waals surface area contributed by atoms with Crippen LogP contribution in [0, 0.1) is 0 Å². The molecular formula is C10H21ClOSi. The van der Waals surface area contributed by atoms with E-state index in [9.17, 15) is 0 Å².